The number of aromatic nitrogens is 2. The van der Waals surface area contributed by atoms with Gasteiger partial charge in [-0.25, -0.2) is 19.2 Å². The molecule has 0 saturated carbocycles. The fourth-order valence-electron chi connectivity index (χ4n) is 1.47. The maximum atomic E-state index is 13.7. The monoisotopic (exact) mass is 310 g/mol. The van der Waals surface area contributed by atoms with Gasteiger partial charge in [-0.1, -0.05) is 15.9 Å². The maximum Gasteiger partial charge on any atom is 0.354 e. The Hall–Kier alpha value is -1.82. The topological polar surface area (TPSA) is 63.1 Å². The number of hydrogen-bond acceptors (Lipinski definition) is 3. The van der Waals surface area contributed by atoms with Crippen LogP contribution >= 0.6 is 15.9 Å². The molecule has 4 nitrogen and oxygen atoms in total. The van der Waals surface area contributed by atoms with E-state index in [1.807, 2.05) is 0 Å². The summed E-state index contributed by atoms with van der Waals surface area (Å²) >= 11 is 3.22. The van der Waals surface area contributed by atoms with Crippen LogP contribution < -0.4 is 0 Å². The van der Waals surface area contributed by atoms with Gasteiger partial charge >= 0.3 is 5.97 Å². The van der Waals surface area contributed by atoms with E-state index in [2.05, 4.69) is 25.9 Å². The molecule has 0 amide bonds. The predicted molar refractivity (Wildman–Crippen MR) is 66.8 cm³/mol. The number of aryl methyl sites for hydroxylation is 1. The number of nitrogens with zero attached hydrogens (tertiary/aromatic N) is 2. The number of rotatable bonds is 2. The lowest BCUT2D eigenvalue weighted by molar-refractivity contribution is 0.0690. The van der Waals surface area contributed by atoms with Crippen LogP contribution in [0.4, 0.5) is 4.39 Å². The highest BCUT2D eigenvalue weighted by Gasteiger charge is 2.13. The fraction of sp³-hybridized carbons (Fsp3) is 0.0833. The quantitative estimate of drug-likeness (QED) is 0.926. The zero-order valence-corrected chi connectivity index (χ0v) is 10.9. The Kier molecular flexibility index (Phi) is 3.38. The average Bonchev–Trinajstić information content (AvgIpc) is 2.31. The molecule has 92 valence electrons. The predicted octanol–water partition coefficient (Wildman–Crippen LogP) is 3.05. The van der Waals surface area contributed by atoms with Crippen LogP contribution in [0.15, 0.2) is 28.7 Å². The third-order valence-corrected chi connectivity index (χ3v) is 2.74. The Morgan fingerprint density at radius 1 is 1.33 bits per heavy atom. The van der Waals surface area contributed by atoms with Crippen LogP contribution in [-0.2, 0) is 0 Å². The summed E-state index contributed by atoms with van der Waals surface area (Å²) in [6.07, 6.45) is 0. The number of aromatic carboxylic acids is 1. The van der Waals surface area contributed by atoms with Gasteiger partial charge in [0.15, 0.2) is 11.5 Å². The Labute approximate surface area is 111 Å². The molecular formula is C12H8BrFN2O2. The normalized spacial score (nSPS) is 10.4. The van der Waals surface area contributed by atoms with Crippen LogP contribution in [0.3, 0.4) is 0 Å². The third-order valence-electron chi connectivity index (χ3n) is 2.24. The summed E-state index contributed by atoms with van der Waals surface area (Å²) in [4.78, 5) is 18.8. The van der Waals surface area contributed by atoms with Crippen molar-refractivity contribution in [3.8, 4) is 11.4 Å². The highest BCUT2D eigenvalue weighted by molar-refractivity contribution is 9.10. The lowest BCUT2D eigenvalue weighted by atomic mass is 10.2. The standard InChI is InChI=1S/C12H8BrFN2O2/c1-6-4-10(12(17)18)16-11(15-6)8-5-7(13)2-3-9(8)14/h2-5H,1H3,(H,17,18). The van der Waals surface area contributed by atoms with Crippen molar-refractivity contribution in [3.63, 3.8) is 0 Å². The molecule has 0 spiro atoms. The van der Waals surface area contributed by atoms with E-state index in [9.17, 15) is 9.18 Å². The van der Waals surface area contributed by atoms with Gasteiger partial charge in [-0.3, -0.25) is 0 Å². The van der Waals surface area contributed by atoms with Crippen molar-refractivity contribution in [2.45, 2.75) is 6.92 Å². The molecule has 1 N–H and O–H groups in total. The smallest absolute Gasteiger partial charge is 0.354 e. The second kappa shape index (κ2) is 4.81. The molecule has 0 atom stereocenters. The van der Waals surface area contributed by atoms with Crippen molar-refractivity contribution >= 4 is 21.9 Å². The van der Waals surface area contributed by atoms with Crippen LogP contribution in [-0.4, -0.2) is 21.0 Å². The SMILES string of the molecule is Cc1cc(C(=O)O)nc(-c2cc(Br)ccc2F)n1. The molecule has 2 aromatic rings. The summed E-state index contributed by atoms with van der Waals surface area (Å²) in [5.41, 5.74) is 0.476. The van der Waals surface area contributed by atoms with Crippen molar-refractivity contribution in [1.29, 1.82) is 0 Å². The number of halogens is 2. The van der Waals surface area contributed by atoms with Crippen molar-refractivity contribution in [3.05, 3.63) is 45.9 Å². The summed E-state index contributed by atoms with van der Waals surface area (Å²) in [6.45, 7) is 1.63. The van der Waals surface area contributed by atoms with Crippen LogP contribution in [0.25, 0.3) is 11.4 Å². The summed E-state index contributed by atoms with van der Waals surface area (Å²) in [6, 6.07) is 5.66. The molecule has 6 heteroatoms. The van der Waals surface area contributed by atoms with Gasteiger partial charge in [-0.05, 0) is 31.2 Å². The van der Waals surface area contributed by atoms with Crippen molar-refractivity contribution in [2.75, 3.05) is 0 Å². The molecular weight excluding hydrogens is 303 g/mol. The molecule has 1 aromatic heterocycles. The van der Waals surface area contributed by atoms with Crippen LogP contribution in [0.5, 0.6) is 0 Å². The van der Waals surface area contributed by atoms with E-state index in [0.29, 0.717) is 10.2 Å². The van der Waals surface area contributed by atoms with E-state index in [0.717, 1.165) is 0 Å². The van der Waals surface area contributed by atoms with Gasteiger partial charge in [0.05, 0.1) is 5.56 Å². The molecule has 1 heterocycles. The minimum atomic E-state index is -1.17. The van der Waals surface area contributed by atoms with Crippen LogP contribution in [0.1, 0.15) is 16.2 Å². The number of hydrogen-bond donors (Lipinski definition) is 1. The minimum absolute atomic E-state index is 0.0613. The number of carbonyl (C=O) groups is 1. The minimum Gasteiger partial charge on any atom is -0.477 e. The number of carboxylic acids is 1. The van der Waals surface area contributed by atoms with Gasteiger partial charge < -0.3 is 5.11 Å². The van der Waals surface area contributed by atoms with Gasteiger partial charge in [-0.15, -0.1) is 0 Å². The highest BCUT2D eigenvalue weighted by Crippen LogP contribution is 2.24. The molecule has 0 fully saturated rings. The Morgan fingerprint density at radius 2 is 2.06 bits per heavy atom. The highest BCUT2D eigenvalue weighted by atomic mass is 79.9. The second-order valence-electron chi connectivity index (χ2n) is 3.65. The first-order chi connectivity index (χ1) is 8.47. The summed E-state index contributed by atoms with van der Waals surface area (Å²) in [7, 11) is 0. The molecule has 0 aliphatic rings. The zero-order chi connectivity index (χ0) is 13.3. The van der Waals surface area contributed by atoms with Crippen LogP contribution in [0, 0.1) is 12.7 Å². The maximum absolute atomic E-state index is 13.7. The van der Waals surface area contributed by atoms with Crippen molar-refractivity contribution in [1.82, 2.24) is 9.97 Å². The first kappa shape index (κ1) is 12.6. The molecule has 0 saturated heterocycles. The Bertz CT molecular complexity index is 631. The van der Waals surface area contributed by atoms with Crippen LogP contribution in [0.2, 0.25) is 0 Å². The Balaban J connectivity index is 2.63. The molecule has 0 aliphatic carbocycles. The summed E-state index contributed by atoms with van der Waals surface area (Å²) in [5, 5.41) is 8.91. The largest absolute Gasteiger partial charge is 0.477 e. The molecule has 0 bridgehead atoms. The molecule has 1 aromatic carbocycles. The number of carboxylic acid groups (broad SMARTS) is 1. The summed E-state index contributed by atoms with van der Waals surface area (Å²) < 4.78 is 14.3. The average molecular weight is 311 g/mol. The Morgan fingerprint density at radius 3 is 2.72 bits per heavy atom. The van der Waals surface area contributed by atoms with E-state index >= 15 is 0 Å². The van der Waals surface area contributed by atoms with Gasteiger partial charge in [0, 0.05) is 10.2 Å². The fourth-order valence-corrected chi connectivity index (χ4v) is 1.83. The first-order valence-corrected chi connectivity index (χ1v) is 5.81. The lowest BCUT2D eigenvalue weighted by Gasteiger charge is -2.05. The van der Waals surface area contributed by atoms with Gasteiger partial charge in [0.2, 0.25) is 0 Å². The van der Waals surface area contributed by atoms with Crippen molar-refractivity contribution in [2.24, 2.45) is 0 Å². The van der Waals surface area contributed by atoms with Gasteiger partial charge in [-0.2, -0.15) is 0 Å². The molecule has 0 aliphatic heterocycles. The third kappa shape index (κ3) is 2.53. The van der Waals surface area contributed by atoms with Gasteiger partial charge in [0.1, 0.15) is 5.82 Å². The number of benzene rings is 1. The van der Waals surface area contributed by atoms with Crippen molar-refractivity contribution < 1.29 is 14.3 Å². The second-order valence-corrected chi connectivity index (χ2v) is 4.56. The van der Waals surface area contributed by atoms with E-state index in [4.69, 9.17) is 5.11 Å². The molecule has 0 radical (unpaired) electrons. The molecule has 18 heavy (non-hydrogen) atoms. The molecule has 2 rings (SSSR count). The van der Waals surface area contributed by atoms with E-state index in [1.54, 1.807) is 13.0 Å². The first-order valence-electron chi connectivity index (χ1n) is 5.02. The van der Waals surface area contributed by atoms with E-state index in [1.165, 1.54) is 18.2 Å². The van der Waals surface area contributed by atoms with E-state index in [-0.39, 0.29) is 17.1 Å². The zero-order valence-electron chi connectivity index (χ0n) is 9.32. The lowest BCUT2D eigenvalue weighted by Crippen LogP contribution is -2.05. The van der Waals surface area contributed by atoms with E-state index < -0.39 is 11.8 Å². The molecule has 0 unspecified atom stereocenters. The summed E-state index contributed by atoms with van der Waals surface area (Å²) in [5.74, 6) is -1.61. The van der Waals surface area contributed by atoms with Gasteiger partial charge in [0.25, 0.3) is 0 Å².